The fourth-order valence-electron chi connectivity index (χ4n) is 2.41. The normalized spacial score (nSPS) is 16.1. The van der Waals surface area contributed by atoms with Gasteiger partial charge in [0.05, 0.1) is 6.26 Å². The van der Waals surface area contributed by atoms with Gasteiger partial charge in [0, 0.05) is 37.8 Å². The molecule has 2 aromatic heterocycles. The SMILES string of the molecule is CS(=O)(=O)Nc1cc2cccnc2c(N2CCNCC2)n1. The van der Waals surface area contributed by atoms with Crippen molar-refractivity contribution in [2.75, 3.05) is 42.1 Å². The minimum Gasteiger partial charge on any atom is -0.352 e. The Morgan fingerprint density at radius 3 is 2.81 bits per heavy atom. The molecule has 0 amide bonds. The third kappa shape index (κ3) is 3.22. The lowest BCUT2D eigenvalue weighted by molar-refractivity contribution is 0.586. The van der Waals surface area contributed by atoms with Crippen LogP contribution in [0.2, 0.25) is 0 Å². The summed E-state index contributed by atoms with van der Waals surface area (Å²) in [5.74, 6) is 1.05. The number of hydrogen-bond donors (Lipinski definition) is 2. The summed E-state index contributed by atoms with van der Waals surface area (Å²) in [6.07, 6.45) is 2.84. The van der Waals surface area contributed by atoms with Crippen LogP contribution in [0.25, 0.3) is 10.9 Å². The number of nitrogens with one attached hydrogen (secondary N) is 2. The number of rotatable bonds is 3. The first-order valence-corrected chi connectivity index (χ1v) is 8.61. The molecule has 7 nitrogen and oxygen atoms in total. The molecule has 0 aromatic carbocycles. The van der Waals surface area contributed by atoms with Crippen molar-refractivity contribution in [1.29, 1.82) is 0 Å². The van der Waals surface area contributed by atoms with Crippen molar-refractivity contribution in [3.05, 3.63) is 24.4 Å². The number of sulfonamides is 1. The molecular weight excluding hydrogens is 290 g/mol. The van der Waals surface area contributed by atoms with Crippen LogP contribution in [-0.2, 0) is 10.0 Å². The maximum atomic E-state index is 11.4. The van der Waals surface area contributed by atoms with Crippen LogP contribution in [-0.4, -0.2) is 50.8 Å². The predicted molar refractivity (Wildman–Crippen MR) is 83.1 cm³/mol. The molecule has 112 valence electrons. The summed E-state index contributed by atoms with van der Waals surface area (Å²) in [4.78, 5) is 11.0. The molecule has 0 bridgehead atoms. The molecule has 2 N–H and O–H groups in total. The van der Waals surface area contributed by atoms with Gasteiger partial charge in [-0.25, -0.2) is 13.4 Å². The summed E-state index contributed by atoms with van der Waals surface area (Å²) < 4.78 is 25.3. The number of anilines is 2. The number of hydrogen-bond acceptors (Lipinski definition) is 6. The predicted octanol–water partition coefficient (Wildman–Crippen LogP) is 0.411. The third-order valence-electron chi connectivity index (χ3n) is 3.28. The first kappa shape index (κ1) is 14.0. The zero-order valence-electron chi connectivity index (χ0n) is 11.7. The van der Waals surface area contributed by atoms with Crippen molar-refractivity contribution in [2.45, 2.75) is 0 Å². The van der Waals surface area contributed by atoms with Gasteiger partial charge >= 0.3 is 0 Å². The van der Waals surface area contributed by atoms with Crippen molar-refractivity contribution >= 4 is 32.6 Å². The molecule has 8 heteroatoms. The van der Waals surface area contributed by atoms with Crippen LogP contribution in [0.15, 0.2) is 24.4 Å². The Kier molecular flexibility index (Phi) is 3.64. The number of fused-ring (bicyclic) bond motifs is 1. The standard InChI is InChI=1S/C13H17N5O2S/c1-21(19,20)17-11-9-10-3-2-4-15-12(10)13(16-11)18-7-5-14-6-8-18/h2-4,9,14H,5-8H2,1H3,(H,16,17). The summed E-state index contributed by atoms with van der Waals surface area (Å²) in [6.45, 7) is 3.39. The molecule has 2 aromatic rings. The van der Waals surface area contributed by atoms with Gasteiger partial charge in [0.2, 0.25) is 10.0 Å². The third-order valence-corrected chi connectivity index (χ3v) is 3.86. The van der Waals surface area contributed by atoms with Crippen molar-refractivity contribution in [1.82, 2.24) is 15.3 Å². The monoisotopic (exact) mass is 307 g/mol. The second kappa shape index (κ2) is 5.45. The van der Waals surface area contributed by atoms with Crippen LogP contribution in [0, 0.1) is 0 Å². The quantitative estimate of drug-likeness (QED) is 0.854. The second-order valence-electron chi connectivity index (χ2n) is 5.02. The van der Waals surface area contributed by atoms with Crippen LogP contribution < -0.4 is 14.9 Å². The van der Waals surface area contributed by atoms with E-state index < -0.39 is 10.0 Å². The second-order valence-corrected chi connectivity index (χ2v) is 6.77. The minimum atomic E-state index is -3.36. The largest absolute Gasteiger partial charge is 0.352 e. The molecule has 1 aliphatic heterocycles. The van der Waals surface area contributed by atoms with E-state index in [4.69, 9.17) is 0 Å². The van der Waals surface area contributed by atoms with Crippen LogP contribution in [0.1, 0.15) is 0 Å². The van der Waals surface area contributed by atoms with E-state index in [1.807, 2.05) is 12.1 Å². The van der Waals surface area contributed by atoms with Gasteiger partial charge in [-0.15, -0.1) is 0 Å². The Morgan fingerprint density at radius 2 is 2.10 bits per heavy atom. The van der Waals surface area contributed by atoms with E-state index in [9.17, 15) is 8.42 Å². The Bertz CT molecular complexity index is 756. The van der Waals surface area contributed by atoms with Gasteiger partial charge in [-0.05, 0) is 12.1 Å². The lowest BCUT2D eigenvalue weighted by Gasteiger charge is -2.29. The Labute approximate surface area is 123 Å². The lowest BCUT2D eigenvalue weighted by atomic mass is 10.2. The Morgan fingerprint density at radius 1 is 1.33 bits per heavy atom. The zero-order chi connectivity index (χ0) is 14.9. The van der Waals surface area contributed by atoms with E-state index in [1.165, 1.54) is 0 Å². The molecule has 0 spiro atoms. The van der Waals surface area contributed by atoms with Gasteiger partial charge in [0.25, 0.3) is 0 Å². The average molecular weight is 307 g/mol. The van der Waals surface area contributed by atoms with E-state index in [0.717, 1.165) is 49.2 Å². The molecule has 1 fully saturated rings. The summed E-state index contributed by atoms with van der Waals surface area (Å²) in [5.41, 5.74) is 0.790. The highest BCUT2D eigenvalue weighted by atomic mass is 32.2. The number of piperazine rings is 1. The van der Waals surface area contributed by atoms with Gasteiger partial charge in [-0.2, -0.15) is 0 Å². The fraction of sp³-hybridized carbons (Fsp3) is 0.385. The highest BCUT2D eigenvalue weighted by Gasteiger charge is 2.17. The van der Waals surface area contributed by atoms with Gasteiger partial charge < -0.3 is 10.2 Å². The highest BCUT2D eigenvalue weighted by molar-refractivity contribution is 7.92. The first-order valence-electron chi connectivity index (χ1n) is 6.72. The lowest BCUT2D eigenvalue weighted by Crippen LogP contribution is -2.44. The molecule has 0 saturated carbocycles. The molecule has 1 aliphatic rings. The maximum Gasteiger partial charge on any atom is 0.230 e. The Hall–Kier alpha value is -1.93. The maximum absolute atomic E-state index is 11.4. The van der Waals surface area contributed by atoms with Crippen LogP contribution in [0.4, 0.5) is 11.6 Å². The minimum absolute atomic E-state index is 0.325. The summed E-state index contributed by atoms with van der Waals surface area (Å²) in [7, 11) is -3.36. The van der Waals surface area contributed by atoms with Crippen molar-refractivity contribution < 1.29 is 8.42 Å². The zero-order valence-corrected chi connectivity index (χ0v) is 12.5. The van der Waals surface area contributed by atoms with Crippen LogP contribution in [0.5, 0.6) is 0 Å². The highest BCUT2D eigenvalue weighted by Crippen LogP contribution is 2.26. The fourth-order valence-corrected chi connectivity index (χ4v) is 2.89. The molecule has 1 saturated heterocycles. The molecule has 3 rings (SSSR count). The molecule has 21 heavy (non-hydrogen) atoms. The first-order chi connectivity index (χ1) is 10.0. The van der Waals surface area contributed by atoms with Crippen molar-refractivity contribution in [3.63, 3.8) is 0 Å². The van der Waals surface area contributed by atoms with Gasteiger partial charge in [-0.3, -0.25) is 9.71 Å². The Balaban J connectivity index is 2.10. The summed E-state index contributed by atoms with van der Waals surface area (Å²) in [5, 5.41) is 4.15. The van der Waals surface area contributed by atoms with E-state index in [1.54, 1.807) is 12.3 Å². The van der Waals surface area contributed by atoms with E-state index in [2.05, 4.69) is 24.9 Å². The average Bonchev–Trinajstić information content (AvgIpc) is 2.45. The number of aromatic nitrogens is 2. The number of pyridine rings is 2. The van der Waals surface area contributed by atoms with E-state index in [0.29, 0.717) is 5.82 Å². The molecule has 0 atom stereocenters. The van der Waals surface area contributed by atoms with Crippen molar-refractivity contribution in [3.8, 4) is 0 Å². The van der Waals surface area contributed by atoms with Crippen molar-refractivity contribution in [2.24, 2.45) is 0 Å². The van der Waals surface area contributed by atoms with E-state index in [-0.39, 0.29) is 0 Å². The molecule has 3 heterocycles. The topological polar surface area (TPSA) is 87.2 Å². The van der Waals surface area contributed by atoms with Gasteiger partial charge in [0.15, 0.2) is 5.82 Å². The molecule has 0 unspecified atom stereocenters. The molecule has 0 aliphatic carbocycles. The summed E-state index contributed by atoms with van der Waals surface area (Å²) in [6, 6.07) is 5.44. The van der Waals surface area contributed by atoms with Crippen LogP contribution >= 0.6 is 0 Å². The van der Waals surface area contributed by atoms with Crippen LogP contribution in [0.3, 0.4) is 0 Å². The smallest absolute Gasteiger partial charge is 0.230 e. The molecule has 0 radical (unpaired) electrons. The van der Waals surface area contributed by atoms with Gasteiger partial charge in [-0.1, -0.05) is 6.07 Å². The van der Waals surface area contributed by atoms with E-state index >= 15 is 0 Å². The molecular formula is C13H17N5O2S. The number of nitrogens with zero attached hydrogens (tertiary/aromatic N) is 3. The summed E-state index contributed by atoms with van der Waals surface area (Å²) >= 11 is 0. The van der Waals surface area contributed by atoms with Gasteiger partial charge in [0.1, 0.15) is 11.3 Å².